The summed E-state index contributed by atoms with van der Waals surface area (Å²) in [4.78, 5) is 40.4. The third kappa shape index (κ3) is 4.37. The predicted molar refractivity (Wildman–Crippen MR) is 117 cm³/mol. The Kier molecular flexibility index (Phi) is 5.84. The molecule has 1 aliphatic carbocycles. The van der Waals surface area contributed by atoms with Gasteiger partial charge in [-0.2, -0.15) is 0 Å². The van der Waals surface area contributed by atoms with Crippen molar-refractivity contribution in [3.05, 3.63) is 80.5 Å². The second kappa shape index (κ2) is 8.69. The zero-order valence-corrected chi connectivity index (χ0v) is 17.2. The summed E-state index contributed by atoms with van der Waals surface area (Å²) in [5.74, 6) is 0.319. The number of aromatic nitrogens is 2. The van der Waals surface area contributed by atoms with E-state index in [0.717, 1.165) is 31.2 Å². The first-order valence-corrected chi connectivity index (χ1v) is 10.6. The number of carbonyl (C=O) groups is 1. The molecule has 1 saturated carbocycles. The number of aryl methyl sites for hydroxylation is 1. The Morgan fingerprint density at radius 1 is 1.03 bits per heavy atom. The summed E-state index contributed by atoms with van der Waals surface area (Å²) in [5.41, 5.74) is 2.26. The first kappa shape index (κ1) is 20.1. The van der Waals surface area contributed by atoms with E-state index in [4.69, 9.17) is 0 Å². The molecule has 2 aromatic carbocycles. The molecule has 6 heteroatoms. The predicted octanol–water partition coefficient (Wildman–Crippen LogP) is 3.12. The van der Waals surface area contributed by atoms with E-state index in [1.165, 1.54) is 10.1 Å². The van der Waals surface area contributed by atoms with Crippen LogP contribution in [0.4, 0.5) is 0 Å². The van der Waals surface area contributed by atoms with Crippen LogP contribution in [0.2, 0.25) is 0 Å². The minimum absolute atomic E-state index is 0.00157. The van der Waals surface area contributed by atoms with Gasteiger partial charge in [0, 0.05) is 19.0 Å². The first-order valence-electron chi connectivity index (χ1n) is 10.6. The molecule has 3 aromatic rings. The Morgan fingerprint density at radius 3 is 2.47 bits per heavy atom. The number of hydrogen-bond donors (Lipinski definition) is 2. The Balaban J connectivity index is 1.34. The number of H-pyrrole nitrogens is 1. The van der Waals surface area contributed by atoms with Crippen LogP contribution in [-0.2, 0) is 17.9 Å². The summed E-state index contributed by atoms with van der Waals surface area (Å²) in [5, 5.41) is 3.57. The molecule has 6 nitrogen and oxygen atoms in total. The van der Waals surface area contributed by atoms with E-state index in [1.807, 2.05) is 31.2 Å². The number of nitrogens with zero attached hydrogens (tertiary/aromatic N) is 1. The van der Waals surface area contributed by atoms with Gasteiger partial charge in [-0.25, -0.2) is 4.79 Å². The standard InChI is InChI=1S/C24H27N3O3/c1-16-6-8-17(9-7-16)14-25-22(28)19-12-10-18(11-13-19)15-27-23(29)20-4-2-3-5-21(20)26-24(27)30/h2-9,18-19H,10-15H2,1H3,(H,25,28)(H,26,30). The number of nitrogens with one attached hydrogen (secondary N) is 2. The van der Waals surface area contributed by atoms with E-state index >= 15 is 0 Å². The molecule has 1 heterocycles. The lowest BCUT2D eigenvalue weighted by Crippen LogP contribution is -2.39. The van der Waals surface area contributed by atoms with E-state index in [9.17, 15) is 14.4 Å². The van der Waals surface area contributed by atoms with Gasteiger partial charge < -0.3 is 10.3 Å². The van der Waals surface area contributed by atoms with Gasteiger partial charge in [0.1, 0.15) is 0 Å². The van der Waals surface area contributed by atoms with E-state index in [0.29, 0.717) is 24.0 Å². The third-order valence-corrected chi connectivity index (χ3v) is 6.14. The van der Waals surface area contributed by atoms with Gasteiger partial charge in [0.05, 0.1) is 10.9 Å². The number of amides is 1. The van der Waals surface area contributed by atoms with Crippen LogP contribution in [-0.4, -0.2) is 15.5 Å². The quantitative estimate of drug-likeness (QED) is 0.684. The summed E-state index contributed by atoms with van der Waals surface area (Å²) in [6.45, 7) is 2.98. The van der Waals surface area contributed by atoms with Crippen molar-refractivity contribution in [3.8, 4) is 0 Å². The molecule has 0 aliphatic heterocycles. The largest absolute Gasteiger partial charge is 0.352 e. The molecule has 0 unspecified atom stereocenters. The Bertz CT molecular complexity index is 1150. The second-order valence-corrected chi connectivity index (χ2v) is 8.31. The number of fused-ring (bicyclic) bond motifs is 1. The minimum Gasteiger partial charge on any atom is -0.352 e. The van der Waals surface area contributed by atoms with Gasteiger partial charge in [-0.3, -0.25) is 14.2 Å². The Morgan fingerprint density at radius 2 is 1.73 bits per heavy atom. The average molecular weight is 405 g/mol. The van der Waals surface area contributed by atoms with Crippen molar-refractivity contribution in [2.45, 2.75) is 45.7 Å². The van der Waals surface area contributed by atoms with E-state index in [2.05, 4.69) is 10.3 Å². The van der Waals surface area contributed by atoms with Crippen LogP contribution < -0.4 is 16.6 Å². The monoisotopic (exact) mass is 405 g/mol. The van der Waals surface area contributed by atoms with Crippen molar-refractivity contribution >= 4 is 16.8 Å². The smallest absolute Gasteiger partial charge is 0.328 e. The summed E-state index contributed by atoms with van der Waals surface area (Å²) >= 11 is 0. The molecule has 0 spiro atoms. The fourth-order valence-corrected chi connectivity index (χ4v) is 4.27. The maximum atomic E-state index is 12.7. The molecule has 30 heavy (non-hydrogen) atoms. The van der Waals surface area contributed by atoms with Crippen molar-refractivity contribution in [2.75, 3.05) is 0 Å². The van der Waals surface area contributed by atoms with E-state index in [1.54, 1.807) is 24.3 Å². The molecule has 1 aromatic heterocycles. The number of para-hydroxylation sites is 1. The lowest BCUT2D eigenvalue weighted by atomic mass is 9.81. The molecular weight excluding hydrogens is 378 g/mol. The summed E-state index contributed by atoms with van der Waals surface area (Å²) in [6.07, 6.45) is 3.23. The molecule has 0 radical (unpaired) electrons. The van der Waals surface area contributed by atoms with Gasteiger partial charge in [0.25, 0.3) is 5.56 Å². The van der Waals surface area contributed by atoms with Gasteiger partial charge in [-0.1, -0.05) is 42.0 Å². The van der Waals surface area contributed by atoms with Crippen molar-refractivity contribution < 1.29 is 4.79 Å². The molecule has 2 N–H and O–H groups in total. The topological polar surface area (TPSA) is 84.0 Å². The molecule has 0 saturated heterocycles. The average Bonchev–Trinajstić information content (AvgIpc) is 2.76. The van der Waals surface area contributed by atoms with Crippen LogP contribution in [0.25, 0.3) is 10.9 Å². The van der Waals surface area contributed by atoms with E-state index < -0.39 is 0 Å². The number of carbonyl (C=O) groups excluding carboxylic acids is 1. The van der Waals surface area contributed by atoms with Crippen molar-refractivity contribution in [1.82, 2.24) is 14.9 Å². The first-order chi connectivity index (χ1) is 14.5. The number of aromatic amines is 1. The second-order valence-electron chi connectivity index (χ2n) is 8.31. The van der Waals surface area contributed by atoms with Crippen molar-refractivity contribution in [1.29, 1.82) is 0 Å². The highest BCUT2D eigenvalue weighted by molar-refractivity contribution is 5.78. The maximum Gasteiger partial charge on any atom is 0.328 e. The molecule has 0 bridgehead atoms. The Labute approximate surface area is 174 Å². The van der Waals surface area contributed by atoms with Crippen LogP contribution in [0, 0.1) is 18.8 Å². The molecular formula is C24H27N3O3. The molecule has 1 aliphatic rings. The van der Waals surface area contributed by atoms with Crippen LogP contribution in [0.1, 0.15) is 36.8 Å². The van der Waals surface area contributed by atoms with Crippen LogP contribution in [0.15, 0.2) is 58.1 Å². The highest BCUT2D eigenvalue weighted by Crippen LogP contribution is 2.29. The fourth-order valence-electron chi connectivity index (χ4n) is 4.27. The van der Waals surface area contributed by atoms with Gasteiger partial charge in [0.2, 0.25) is 5.91 Å². The zero-order chi connectivity index (χ0) is 21.1. The summed E-state index contributed by atoms with van der Waals surface area (Å²) in [6, 6.07) is 15.2. The maximum absolute atomic E-state index is 12.7. The summed E-state index contributed by atoms with van der Waals surface area (Å²) in [7, 11) is 0. The number of hydrogen-bond acceptors (Lipinski definition) is 3. The van der Waals surface area contributed by atoms with Crippen LogP contribution in [0.3, 0.4) is 0 Å². The molecule has 156 valence electrons. The van der Waals surface area contributed by atoms with Gasteiger partial charge >= 0.3 is 5.69 Å². The highest BCUT2D eigenvalue weighted by Gasteiger charge is 2.27. The Hall–Kier alpha value is -3.15. The number of rotatable bonds is 5. The minimum atomic E-state index is -0.364. The van der Waals surface area contributed by atoms with Crippen molar-refractivity contribution in [3.63, 3.8) is 0 Å². The van der Waals surface area contributed by atoms with Gasteiger partial charge in [0.15, 0.2) is 0 Å². The zero-order valence-electron chi connectivity index (χ0n) is 17.2. The van der Waals surface area contributed by atoms with Gasteiger partial charge in [-0.15, -0.1) is 0 Å². The van der Waals surface area contributed by atoms with Crippen molar-refractivity contribution in [2.24, 2.45) is 11.8 Å². The summed E-state index contributed by atoms with van der Waals surface area (Å²) < 4.78 is 1.31. The highest BCUT2D eigenvalue weighted by atomic mass is 16.2. The van der Waals surface area contributed by atoms with Gasteiger partial charge in [-0.05, 0) is 56.2 Å². The fraction of sp³-hybridized carbons (Fsp3) is 0.375. The normalized spacial score (nSPS) is 19.0. The van der Waals surface area contributed by atoms with Crippen LogP contribution >= 0.6 is 0 Å². The third-order valence-electron chi connectivity index (χ3n) is 6.14. The van der Waals surface area contributed by atoms with E-state index in [-0.39, 0.29) is 29.0 Å². The lowest BCUT2D eigenvalue weighted by Gasteiger charge is -2.28. The SMILES string of the molecule is Cc1ccc(CNC(=O)C2CCC(Cn3c(=O)[nH]c4ccccc4c3=O)CC2)cc1. The van der Waals surface area contributed by atoms with Crippen LogP contribution in [0.5, 0.6) is 0 Å². The molecule has 4 rings (SSSR count). The lowest BCUT2D eigenvalue weighted by molar-refractivity contribution is -0.126. The molecule has 1 amide bonds. The molecule has 0 atom stereocenters. The number of benzene rings is 2. The molecule has 1 fully saturated rings.